The lowest BCUT2D eigenvalue weighted by molar-refractivity contribution is 0.0966. The highest BCUT2D eigenvalue weighted by Gasteiger charge is 2.22. The van der Waals surface area contributed by atoms with Gasteiger partial charge >= 0.3 is 0 Å². The van der Waals surface area contributed by atoms with E-state index < -0.39 is 0 Å². The molecule has 3 rings (SSSR count). The standard InChI is InChI=1S/C12H11N3OS2/c13-12-15(5-6-17-12)7-9(16)11-14-8-3-1-2-4-10(8)18-11/h1-4,13H,5-7H2. The SMILES string of the molecule is N=C1SCCN1CC(=O)c1nc2ccccc2s1. The molecule has 0 atom stereocenters. The van der Waals surface area contributed by atoms with Gasteiger partial charge in [0.05, 0.1) is 16.8 Å². The number of carbonyl (C=O) groups is 1. The largest absolute Gasteiger partial charge is 0.343 e. The third-order valence-corrected chi connectivity index (χ3v) is 4.75. The van der Waals surface area contributed by atoms with E-state index in [0.29, 0.717) is 10.2 Å². The van der Waals surface area contributed by atoms with Gasteiger partial charge in [0.25, 0.3) is 0 Å². The Kier molecular flexibility index (Phi) is 3.05. The molecule has 1 aromatic carbocycles. The first-order valence-corrected chi connectivity index (χ1v) is 7.39. The number of para-hydroxylation sites is 1. The third-order valence-electron chi connectivity index (χ3n) is 2.75. The van der Waals surface area contributed by atoms with Crippen molar-refractivity contribution in [3.05, 3.63) is 29.3 Å². The molecule has 2 aromatic rings. The summed E-state index contributed by atoms with van der Waals surface area (Å²) in [6.45, 7) is 1.05. The molecule has 2 heterocycles. The quantitative estimate of drug-likeness (QED) is 0.876. The number of benzene rings is 1. The monoisotopic (exact) mass is 277 g/mol. The van der Waals surface area contributed by atoms with Crippen LogP contribution in [0.1, 0.15) is 9.80 Å². The van der Waals surface area contributed by atoms with Crippen LogP contribution >= 0.6 is 23.1 Å². The number of ketones is 1. The molecule has 1 aliphatic rings. The lowest BCUT2D eigenvalue weighted by Gasteiger charge is -2.13. The van der Waals surface area contributed by atoms with Crippen LogP contribution in [0, 0.1) is 5.41 Å². The highest BCUT2D eigenvalue weighted by atomic mass is 32.2. The highest BCUT2D eigenvalue weighted by Crippen LogP contribution is 2.23. The number of aromatic nitrogens is 1. The second kappa shape index (κ2) is 4.70. The Balaban J connectivity index is 1.81. The van der Waals surface area contributed by atoms with Crippen molar-refractivity contribution >= 4 is 44.3 Å². The third kappa shape index (κ3) is 2.13. The smallest absolute Gasteiger partial charge is 0.210 e. The van der Waals surface area contributed by atoms with E-state index in [1.807, 2.05) is 24.3 Å². The van der Waals surface area contributed by atoms with Crippen LogP contribution < -0.4 is 0 Å². The molecule has 1 N–H and O–H groups in total. The molecule has 0 spiro atoms. The Morgan fingerprint density at radius 3 is 3.00 bits per heavy atom. The van der Waals surface area contributed by atoms with Crippen LogP contribution in [0.2, 0.25) is 0 Å². The molecule has 0 bridgehead atoms. The van der Waals surface area contributed by atoms with Crippen LogP contribution in [0.15, 0.2) is 24.3 Å². The predicted molar refractivity (Wildman–Crippen MR) is 75.7 cm³/mol. The summed E-state index contributed by atoms with van der Waals surface area (Å²) in [5.41, 5.74) is 0.872. The molecule has 6 heteroatoms. The molecule has 0 amide bonds. The first-order chi connectivity index (χ1) is 8.74. The van der Waals surface area contributed by atoms with E-state index in [1.165, 1.54) is 23.1 Å². The number of Topliss-reactive ketones (excluding diaryl/α,β-unsaturated/α-hetero) is 1. The lowest BCUT2D eigenvalue weighted by Crippen LogP contribution is -2.30. The van der Waals surface area contributed by atoms with E-state index >= 15 is 0 Å². The lowest BCUT2D eigenvalue weighted by atomic mass is 10.3. The topological polar surface area (TPSA) is 57.1 Å². The van der Waals surface area contributed by atoms with E-state index in [0.717, 1.165) is 22.5 Å². The summed E-state index contributed by atoms with van der Waals surface area (Å²) in [7, 11) is 0. The molecule has 0 saturated carbocycles. The molecule has 0 unspecified atom stereocenters. The second-order valence-electron chi connectivity index (χ2n) is 3.99. The van der Waals surface area contributed by atoms with E-state index in [-0.39, 0.29) is 12.3 Å². The molecule has 4 nitrogen and oxygen atoms in total. The molecule has 1 fully saturated rings. The number of carbonyl (C=O) groups excluding carboxylic acids is 1. The van der Waals surface area contributed by atoms with E-state index in [4.69, 9.17) is 5.41 Å². The van der Waals surface area contributed by atoms with Gasteiger partial charge in [0.1, 0.15) is 0 Å². The zero-order valence-corrected chi connectivity index (χ0v) is 11.2. The summed E-state index contributed by atoms with van der Waals surface area (Å²) < 4.78 is 1.03. The molecule has 0 aliphatic carbocycles. The summed E-state index contributed by atoms with van der Waals surface area (Å²) in [5.74, 6) is 0.898. The first-order valence-electron chi connectivity index (χ1n) is 5.59. The number of fused-ring (bicyclic) bond motifs is 1. The number of rotatable bonds is 3. The molecule has 1 aliphatic heterocycles. The molecular formula is C12H11N3OS2. The summed E-state index contributed by atoms with van der Waals surface area (Å²) in [6.07, 6.45) is 0. The number of thioether (sulfide) groups is 1. The molecule has 18 heavy (non-hydrogen) atoms. The van der Waals surface area contributed by atoms with Gasteiger partial charge in [-0.15, -0.1) is 11.3 Å². The minimum absolute atomic E-state index is 0.00319. The Morgan fingerprint density at radius 1 is 1.44 bits per heavy atom. The van der Waals surface area contributed by atoms with Crippen LogP contribution in [0.25, 0.3) is 10.2 Å². The maximum atomic E-state index is 12.1. The van der Waals surface area contributed by atoms with Crippen molar-refractivity contribution in [3.63, 3.8) is 0 Å². The molecular weight excluding hydrogens is 266 g/mol. The zero-order valence-electron chi connectivity index (χ0n) is 9.55. The maximum Gasteiger partial charge on any atom is 0.210 e. The Hall–Kier alpha value is -1.40. The van der Waals surface area contributed by atoms with E-state index in [9.17, 15) is 4.79 Å². The minimum Gasteiger partial charge on any atom is -0.343 e. The van der Waals surface area contributed by atoms with Crippen molar-refractivity contribution in [2.45, 2.75) is 0 Å². The van der Waals surface area contributed by atoms with Crippen molar-refractivity contribution in [3.8, 4) is 0 Å². The van der Waals surface area contributed by atoms with Gasteiger partial charge in [-0.3, -0.25) is 10.2 Å². The number of nitrogens with one attached hydrogen (secondary N) is 1. The number of thiazole rings is 1. The highest BCUT2D eigenvalue weighted by molar-refractivity contribution is 8.14. The van der Waals surface area contributed by atoms with Crippen LogP contribution in [-0.4, -0.2) is 39.7 Å². The van der Waals surface area contributed by atoms with Crippen molar-refractivity contribution in [1.82, 2.24) is 9.88 Å². The summed E-state index contributed by atoms with van der Waals surface area (Å²) in [5, 5.41) is 8.72. The number of hydrogen-bond donors (Lipinski definition) is 1. The Morgan fingerprint density at radius 2 is 2.28 bits per heavy atom. The Labute approximate surface area is 113 Å². The summed E-state index contributed by atoms with van der Waals surface area (Å²) in [4.78, 5) is 18.3. The van der Waals surface area contributed by atoms with Gasteiger partial charge in [-0.2, -0.15) is 0 Å². The fraction of sp³-hybridized carbons (Fsp3) is 0.250. The van der Waals surface area contributed by atoms with Gasteiger partial charge in [0.15, 0.2) is 10.2 Å². The van der Waals surface area contributed by atoms with Gasteiger partial charge in [-0.25, -0.2) is 4.98 Å². The average molecular weight is 277 g/mol. The number of nitrogens with zero attached hydrogens (tertiary/aromatic N) is 2. The molecule has 0 radical (unpaired) electrons. The number of hydrogen-bond acceptors (Lipinski definition) is 5. The van der Waals surface area contributed by atoms with Crippen LogP contribution in [0.4, 0.5) is 0 Å². The van der Waals surface area contributed by atoms with Crippen LogP contribution in [0.3, 0.4) is 0 Å². The van der Waals surface area contributed by atoms with Gasteiger partial charge < -0.3 is 4.90 Å². The van der Waals surface area contributed by atoms with Gasteiger partial charge in [0.2, 0.25) is 5.78 Å². The fourth-order valence-electron chi connectivity index (χ4n) is 1.83. The predicted octanol–water partition coefficient (Wildman–Crippen LogP) is 2.46. The second-order valence-corrected chi connectivity index (χ2v) is 6.10. The summed E-state index contributed by atoms with van der Waals surface area (Å²) >= 11 is 2.91. The van der Waals surface area contributed by atoms with Gasteiger partial charge in [0, 0.05) is 12.3 Å². The zero-order chi connectivity index (χ0) is 12.5. The van der Waals surface area contributed by atoms with Crippen molar-refractivity contribution < 1.29 is 4.79 Å². The van der Waals surface area contributed by atoms with Gasteiger partial charge in [-0.1, -0.05) is 23.9 Å². The average Bonchev–Trinajstić information content (AvgIpc) is 2.96. The van der Waals surface area contributed by atoms with Crippen molar-refractivity contribution in [1.29, 1.82) is 5.41 Å². The number of amidine groups is 1. The molecule has 1 saturated heterocycles. The minimum atomic E-state index is 0.00319. The van der Waals surface area contributed by atoms with Gasteiger partial charge in [-0.05, 0) is 12.1 Å². The van der Waals surface area contributed by atoms with Crippen LogP contribution in [0.5, 0.6) is 0 Å². The van der Waals surface area contributed by atoms with E-state index in [1.54, 1.807) is 4.90 Å². The van der Waals surface area contributed by atoms with Crippen LogP contribution in [-0.2, 0) is 0 Å². The van der Waals surface area contributed by atoms with Crippen molar-refractivity contribution in [2.75, 3.05) is 18.8 Å². The molecule has 92 valence electrons. The maximum absolute atomic E-state index is 12.1. The van der Waals surface area contributed by atoms with E-state index in [2.05, 4.69) is 4.98 Å². The Bertz CT molecular complexity index is 590. The first kappa shape index (κ1) is 11.7. The summed E-state index contributed by atoms with van der Waals surface area (Å²) in [6, 6.07) is 7.75. The fourth-order valence-corrected chi connectivity index (χ4v) is 3.57. The molecule has 1 aromatic heterocycles. The van der Waals surface area contributed by atoms with Crippen molar-refractivity contribution in [2.24, 2.45) is 0 Å². The normalized spacial score (nSPS) is 15.6.